The highest BCUT2D eigenvalue weighted by molar-refractivity contribution is 8.00. The molecule has 0 fully saturated rings. The van der Waals surface area contributed by atoms with Crippen molar-refractivity contribution in [3.63, 3.8) is 0 Å². The fourth-order valence-corrected chi connectivity index (χ4v) is 4.99. The van der Waals surface area contributed by atoms with Gasteiger partial charge in [0.25, 0.3) is 11.8 Å². The van der Waals surface area contributed by atoms with Crippen LogP contribution in [0.4, 0.5) is 10.8 Å². The minimum Gasteiger partial charge on any atom is -0.497 e. The summed E-state index contributed by atoms with van der Waals surface area (Å²) in [5.74, 6) is -0.444. The molecule has 9 nitrogen and oxygen atoms in total. The number of carbonyl (C=O) groups excluding carboxylic acids is 3. The molecule has 0 saturated carbocycles. The van der Waals surface area contributed by atoms with Crippen molar-refractivity contribution >= 4 is 57.7 Å². The number of hydrogen-bond donors (Lipinski definition) is 3. The van der Waals surface area contributed by atoms with E-state index in [2.05, 4.69) is 26.1 Å². The third-order valence-electron chi connectivity index (χ3n) is 5.49. The Balaban J connectivity index is 1.48. The molecule has 11 heteroatoms. The van der Waals surface area contributed by atoms with Crippen LogP contribution in [0.25, 0.3) is 6.08 Å². The number of anilines is 2. The predicted molar refractivity (Wildman–Crippen MR) is 159 cm³/mol. The number of methoxy groups -OCH3 is 1. The maximum absolute atomic E-state index is 13.4. The van der Waals surface area contributed by atoms with E-state index in [0.717, 1.165) is 9.90 Å². The van der Waals surface area contributed by atoms with Crippen LogP contribution in [-0.4, -0.2) is 40.3 Å². The van der Waals surface area contributed by atoms with E-state index in [0.29, 0.717) is 27.7 Å². The van der Waals surface area contributed by atoms with Gasteiger partial charge in [-0.05, 0) is 68.0 Å². The zero-order valence-corrected chi connectivity index (χ0v) is 23.6. The van der Waals surface area contributed by atoms with E-state index in [-0.39, 0.29) is 11.6 Å². The number of carbonyl (C=O) groups is 3. The number of ether oxygens (including phenoxy) is 1. The number of amides is 3. The Morgan fingerprint density at radius 1 is 0.950 bits per heavy atom. The van der Waals surface area contributed by atoms with E-state index in [1.54, 1.807) is 86.8 Å². The van der Waals surface area contributed by atoms with Crippen LogP contribution in [0.5, 0.6) is 5.75 Å². The highest BCUT2D eigenvalue weighted by Gasteiger charge is 2.18. The molecule has 4 rings (SSSR count). The average molecular weight is 574 g/mol. The molecule has 1 unspecified atom stereocenters. The molecule has 40 heavy (non-hydrogen) atoms. The van der Waals surface area contributed by atoms with Crippen molar-refractivity contribution in [2.45, 2.75) is 24.0 Å². The van der Waals surface area contributed by atoms with Crippen LogP contribution in [-0.2, 0) is 9.59 Å². The minimum atomic E-state index is -0.500. The summed E-state index contributed by atoms with van der Waals surface area (Å²) in [5.41, 5.74) is 1.70. The van der Waals surface area contributed by atoms with Crippen LogP contribution >= 0.6 is 23.1 Å². The number of nitrogens with one attached hydrogen (secondary N) is 3. The summed E-state index contributed by atoms with van der Waals surface area (Å²) < 4.78 is 5.20. The van der Waals surface area contributed by atoms with Gasteiger partial charge in [-0.15, -0.1) is 22.0 Å². The van der Waals surface area contributed by atoms with E-state index in [9.17, 15) is 14.4 Å². The van der Waals surface area contributed by atoms with Crippen molar-refractivity contribution in [3.05, 3.63) is 101 Å². The zero-order chi connectivity index (χ0) is 28.5. The van der Waals surface area contributed by atoms with Crippen molar-refractivity contribution in [1.82, 2.24) is 15.5 Å². The molecule has 3 amide bonds. The van der Waals surface area contributed by atoms with Gasteiger partial charge in [-0.25, -0.2) is 0 Å². The van der Waals surface area contributed by atoms with Gasteiger partial charge in [-0.1, -0.05) is 47.7 Å². The maximum atomic E-state index is 13.4. The lowest BCUT2D eigenvalue weighted by Crippen LogP contribution is -2.30. The number of thioether (sulfide) groups is 1. The summed E-state index contributed by atoms with van der Waals surface area (Å²) in [5, 5.41) is 17.0. The summed E-state index contributed by atoms with van der Waals surface area (Å²) in [6.45, 7) is 3.60. The summed E-state index contributed by atoms with van der Waals surface area (Å²) >= 11 is 2.64. The van der Waals surface area contributed by atoms with Gasteiger partial charge < -0.3 is 15.4 Å². The molecule has 4 aromatic rings. The standard InChI is InChI=1S/C29H27N5O4S2/c1-18(26(35)32-29-34-33-19(2)40-29)39-24-11-7-10-22(17-24)30-28(37)25(16-20-12-14-23(38-3)15-13-20)31-27(36)21-8-5-4-6-9-21/h4-18H,1-3H3,(H,30,37)(H,31,36)(H,32,34,35)/b25-16+. The number of benzene rings is 3. The van der Waals surface area contributed by atoms with Crippen LogP contribution in [0, 0.1) is 6.92 Å². The molecular weight excluding hydrogens is 546 g/mol. The first-order chi connectivity index (χ1) is 19.3. The van der Waals surface area contributed by atoms with Crippen molar-refractivity contribution in [2.75, 3.05) is 17.7 Å². The Kier molecular flexibility index (Phi) is 9.66. The van der Waals surface area contributed by atoms with Gasteiger partial charge in [0.05, 0.1) is 12.4 Å². The Hall–Kier alpha value is -4.48. The minimum absolute atomic E-state index is 0.0668. The smallest absolute Gasteiger partial charge is 0.272 e. The Labute approximate surface area is 240 Å². The lowest BCUT2D eigenvalue weighted by Gasteiger charge is -2.13. The number of nitrogens with zero attached hydrogens (tertiary/aromatic N) is 2. The molecule has 3 N–H and O–H groups in total. The van der Waals surface area contributed by atoms with Crippen LogP contribution in [0.15, 0.2) is 89.5 Å². The summed E-state index contributed by atoms with van der Waals surface area (Å²) in [7, 11) is 1.57. The van der Waals surface area contributed by atoms with E-state index in [1.165, 1.54) is 23.1 Å². The molecule has 1 atom stereocenters. The second-order valence-electron chi connectivity index (χ2n) is 8.51. The molecule has 0 bridgehead atoms. The van der Waals surface area contributed by atoms with Gasteiger partial charge in [0.1, 0.15) is 16.5 Å². The van der Waals surface area contributed by atoms with Gasteiger partial charge in [-0.3, -0.25) is 19.7 Å². The quantitative estimate of drug-likeness (QED) is 0.172. The maximum Gasteiger partial charge on any atom is 0.272 e. The second kappa shape index (κ2) is 13.5. The number of aryl methyl sites for hydroxylation is 1. The largest absolute Gasteiger partial charge is 0.497 e. The monoisotopic (exact) mass is 573 g/mol. The number of aromatic nitrogens is 2. The van der Waals surface area contributed by atoms with Crippen molar-refractivity contribution in [3.8, 4) is 5.75 Å². The van der Waals surface area contributed by atoms with Crippen LogP contribution < -0.4 is 20.7 Å². The third-order valence-corrected chi connectivity index (χ3v) is 7.33. The zero-order valence-electron chi connectivity index (χ0n) is 22.0. The first-order valence-electron chi connectivity index (χ1n) is 12.2. The Morgan fingerprint density at radius 2 is 1.70 bits per heavy atom. The topological polar surface area (TPSA) is 122 Å². The van der Waals surface area contributed by atoms with E-state index in [4.69, 9.17) is 4.74 Å². The van der Waals surface area contributed by atoms with E-state index in [1.807, 2.05) is 19.1 Å². The fourth-order valence-electron chi connectivity index (χ4n) is 3.47. The van der Waals surface area contributed by atoms with Crippen LogP contribution in [0.1, 0.15) is 27.9 Å². The van der Waals surface area contributed by atoms with Gasteiger partial charge in [-0.2, -0.15) is 0 Å². The summed E-state index contributed by atoms with van der Waals surface area (Å²) in [6, 6.07) is 22.9. The fraction of sp³-hybridized carbons (Fsp3) is 0.138. The highest BCUT2D eigenvalue weighted by Crippen LogP contribution is 2.27. The Bertz CT molecular complexity index is 1520. The van der Waals surface area contributed by atoms with Gasteiger partial charge >= 0.3 is 0 Å². The van der Waals surface area contributed by atoms with Crippen LogP contribution in [0.2, 0.25) is 0 Å². The average Bonchev–Trinajstić information content (AvgIpc) is 3.37. The molecule has 0 aliphatic carbocycles. The van der Waals surface area contributed by atoms with E-state index < -0.39 is 17.1 Å². The van der Waals surface area contributed by atoms with Crippen molar-refractivity contribution in [2.24, 2.45) is 0 Å². The van der Waals surface area contributed by atoms with Gasteiger partial charge in [0.2, 0.25) is 11.0 Å². The molecular formula is C29H27N5O4S2. The molecule has 1 aromatic heterocycles. The SMILES string of the molecule is COc1ccc(/C=C(/NC(=O)c2ccccc2)C(=O)Nc2cccc(SC(C)C(=O)Nc3nnc(C)s3)c2)cc1. The number of rotatable bonds is 10. The molecule has 204 valence electrons. The molecule has 0 saturated heterocycles. The molecule has 0 aliphatic heterocycles. The molecule has 3 aromatic carbocycles. The highest BCUT2D eigenvalue weighted by atomic mass is 32.2. The summed E-state index contributed by atoms with van der Waals surface area (Å²) in [6.07, 6.45) is 1.59. The lowest BCUT2D eigenvalue weighted by molar-refractivity contribution is -0.115. The van der Waals surface area contributed by atoms with Crippen molar-refractivity contribution < 1.29 is 19.1 Å². The molecule has 1 heterocycles. The molecule has 0 radical (unpaired) electrons. The first-order valence-corrected chi connectivity index (χ1v) is 13.9. The molecule has 0 spiro atoms. The molecule has 0 aliphatic rings. The van der Waals surface area contributed by atoms with Crippen LogP contribution in [0.3, 0.4) is 0 Å². The van der Waals surface area contributed by atoms with Gasteiger partial charge in [0, 0.05) is 16.1 Å². The predicted octanol–water partition coefficient (Wildman–Crippen LogP) is 5.38. The van der Waals surface area contributed by atoms with Crippen molar-refractivity contribution in [1.29, 1.82) is 0 Å². The lowest BCUT2D eigenvalue weighted by atomic mass is 10.1. The summed E-state index contributed by atoms with van der Waals surface area (Å²) in [4.78, 5) is 39.6. The normalized spacial score (nSPS) is 11.8. The third kappa shape index (κ3) is 8.01. The van der Waals surface area contributed by atoms with E-state index >= 15 is 0 Å². The second-order valence-corrected chi connectivity index (χ2v) is 11.1. The Morgan fingerprint density at radius 3 is 2.38 bits per heavy atom. The van der Waals surface area contributed by atoms with Gasteiger partial charge in [0.15, 0.2) is 0 Å². The number of hydrogen-bond acceptors (Lipinski definition) is 8. The first kappa shape index (κ1) is 28.5.